The molecule has 0 saturated heterocycles. The first-order valence-corrected chi connectivity index (χ1v) is 6.39. The van der Waals surface area contributed by atoms with Crippen molar-refractivity contribution >= 4 is 21.8 Å². The molecule has 0 aliphatic carbocycles. The van der Waals surface area contributed by atoms with Crippen LogP contribution in [0.2, 0.25) is 0 Å². The molecule has 0 aliphatic heterocycles. The number of benzene rings is 2. The van der Waals surface area contributed by atoms with Crippen LogP contribution in [0.4, 0.5) is 0 Å². The summed E-state index contributed by atoms with van der Waals surface area (Å²) in [6, 6.07) is 17.6. The highest BCUT2D eigenvalue weighted by molar-refractivity contribution is 6.03. The maximum atomic E-state index is 12.1. The molecular formula is C16H11N3O. The number of nitrogens with zero attached hydrogens (tertiary/aromatic N) is 2. The molecule has 4 aromatic rings. The summed E-state index contributed by atoms with van der Waals surface area (Å²) < 4.78 is 1.81. The fourth-order valence-corrected chi connectivity index (χ4v) is 2.53. The zero-order valence-corrected chi connectivity index (χ0v) is 10.6. The molecular weight excluding hydrogens is 250 g/mol. The van der Waals surface area contributed by atoms with Gasteiger partial charge >= 0.3 is 0 Å². The van der Waals surface area contributed by atoms with E-state index in [0.29, 0.717) is 5.39 Å². The quantitative estimate of drug-likeness (QED) is 0.572. The van der Waals surface area contributed by atoms with Crippen molar-refractivity contribution in [2.24, 2.45) is 0 Å². The van der Waals surface area contributed by atoms with E-state index in [9.17, 15) is 4.79 Å². The molecule has 96 valence electrons. The smallest absolute Gasteiger partial charge is 0.259 e. The van der Waals surface area contributed by atoms with Crippen molar-refractivity contribution < 1.29 is 0 Å². The molecule has 0 radical (unpaired) electrons. The molecule has 0 bridgehead atoms. The average molecular weight is 261 g/mol. The van der Waals surface area contributed by atoms with Crippen LogP contribution < -0.4 is 5.56 Å². The minimum Gasteiger partial charge on any atom is -0.321 e. The van der Waals surface area contributed by atoms with Gasteiger partial charge in [0.25, 0.3) is 5.56 Å². The van der Waals surface area contributed by atoms with Crippen LogP contribution in [0.3, 0.4) is 0 Å². The maximum absolute atomic E-state index is 12.1. The summed E-state index contributed by atoms with van der Waals surface area (Å²) in [7, 11) is 0. The maximum Gasteiger partial charge on any atom is 0.259 e. The second-order valence-corrected chi connectivity index (χ2v) is 4.65. The summed E-state index contributed by atoms with van der Waals surface area (Å²) >= 11 is 0. The summed E-state index contributed by atoms with van der Waals surface area (Å²) in [5.74, 6) is 0. The molecule has 2 aromatic heterocycles. The first-order valence-electron chi connectivity index (χ1n) is 6.39. The molecule has 0 saturated carbocycles. The van der Waals surface area contributed by atoms with Gasteiger partial charge in [0.05, 0.1) is 28.3 Å². The third-order valence-corrected chi connectivity index (χ3v) is 3.45. The Bertz CT molecular complexity index is 967. The van der Waals surface area contributed by atoms with E-state index in [4.69, 9.17) is 0 Å². The Hall–Kier alpha value is -2.88. The lowest BCUT2D eigenvalue weighted by Gasteiger charge is -2.05. The van der Waals surface area contributed by atoms with Crippen LogP contribution in [0.1, 0.15) is 0 Å². The van der Waals surface area contributed by atoms with Gasteiger partial charge < -0.3 is 4.98 Å². The second kappa shape index (κ2) is 4.06. The lowest BCUT2D eigenvalue weighted by atomic mass is 10.1. The number of aromatic nitrogens is 3. The lowest BCUT2D eigenvalue weighted by Crippen LogP contribution is -2.06. The van der Waals surface area contributed by atoms with Gasteiger partial charge in [-0.2, -0.15) is 5.10 Å². The van der Waals surface area contributed by atoms with Gasteiger partial charge in [0, 0.05) is 5.39 Å². The van der Waals surface area contributed by atoms with E-state index in [1.165, 1.54) is 0 Å². The van der Waals surface area contributed by atoms with Crippen molar-refractivity contribution in [3.8, 4) is 5.69 Å². The van der Waals surface area contributed by atoms with Crippen molar-refractivity contribution in [2.45, 2.75) is 0 Å². The summed E-state index contributed by atoms with van der Waals surface area (Å²) in [5, 5.41) is 5.97. The van der Waals surface area contributed by atoms with Gasteiger partial charge in [-0.3, -0.25) is 4.79 Å². The fourth-order valence-electron chi connectivity index (χ4n) is 2.53. The average Bonchev–Trinajstić information content (AvgIpc) is 2.94. The standard InChI is InChI=1S/C16H11N3O/c20-16-13-10-17-19(11-6-2-1-3-7-11)15(13)12-8-4-5-9-14(12)18-16/h1-10H,(H,18,20). The zero-order chi connectivity index (χ0) is 13.5. The minimum absolute atomic E-state index is 0.110. The molecule has 0 amide bonds. The third kappa shape index (κ3) is 1.48. The minimum atomic E-state index is -0.110. The summed E-state index contributed by atoms with van der Waals surface area (Å²) in [4.78, 5) is 15.0. The molecule has 0 spiro atoms. The van der Waals surface area contributed by atoms with Gasteiger partial charge in [-0.25, -0.2) is 4.68 Å². The van der Waals surface area contributed by atoms with E-state index in [0.717, 1.165) is 22.1 Å². The Morgan fingerprint density at radius 1 is 0.900 bits per heavy atom. The van der Waals surface area contributed by atoms with Crippen LogP contribution in [0.15, 0.2) is 65.6 Å². The summed E-state index contributed by atoms with van der Waals surface area (Å²) in [6.45, 7) is 0. The molecule has 0 aliphatic rings. The first-order chi connectivity index (χ1) is 9.84. The monoisotopic (exact) mass is 261 g/mol. The van der Waals surface area contributed by atoms with Crippen LogP contribution in [0.25, 0.3) is 27.5 Å². The van der Waals surface area contributed by atoms with Crippen molar-refractivity contribution in [2.75, 3.05) is 0 Å². The fraction of sp³-hybridized carbons (Fsp3) is 0. The Balaban J connectivity index is 2.22. The molecule has 4 nitrogen and oxygen atoms in total. The van der Waals surface area contributed by atoms with Crippen LogP contribution in [0, 0.1) is 0 Å². The number of rotatable bonds is 1. The second-order valence-electron chi connectivity index (χ2n) is 4.65. The highest BCUT2D eigenvalue weighted by Crippen LogP contribution is 2.23. The van der Waals surface area contributed by atoms with Crippen LogP contribution in [-0.4, -0.2) is 14.8 Å². The van der Waals surface area contributed by atoms with E-state index in [-0.39, 0.29) is 5.56 Å². The Morgan fingerprint density at radius 2 is 1.65 bits per heavy atom. The van der Waals surface area contributed by atoms with Gasteiger partial charge in [-0.1, -0.05) is 36.4 Å². The normalized spacial score (nSPS) is 11.2. The predicted molar refractivity (Wildman–Crippen MR) is 79.2 cm³/mol. The number of para-hydroxylation sites is 2. The van der Waals surface area contributed by atoms with Crippen molar-refractivity contribution in [3.05, 3.63) is 71.1 Å². The summed E-state index contributed by atoms with van der Waals surface area (Å²) in [5.41, 5.74) is 2.50. The van der Waals surface area contributed by atoms with E-state index in [1.54, 1.807) is 6.20 Å². The van der Waals surface area contributed by atoms with Gasteiger partial charge in [0.15, 0.2) is 0 Å². The van der Waals surface area contributed by atoms with E-state index in [1.807, 2.05) is 59.3 Å². The van der Waals surface area contributed by atoms with Gasteiger partial charge in [0.2, 0.25) is 0 Å². The molecule has 2 aromatic carbocycles. The molecule has 2 heterocycles. The van der Waals surface area contributed by atoms with Gasteiger partial charge in [-0.15, -0.1) is 0 Å². The zero-order valence-electron chi connectivity index (χ0n) is 10.6. The van der Waals surface area contributed by atoms with Crippen LogP contribution >= 0.6 is 0 Å². The van der Waals surface area contributed by atoms with Crippen molar-refractivity contribution in [1.29, 1.82) is 0 Å². The van der Waals surface area contributed by atoms with Crippen LogP contribution in [-0.2, 0) is 0 Å². The first kappa shape index (κ1) is 11.0. The van der Waals surface area contributed by atoms with Crippen molar-refractivity contribution in [3.63, 3.8) is 0 Å². The van der Waals surface area contributed by atoms with Crippen molar-refractivity contribution in [1.82, 2.24) is 14.8 Å². The highest BCUT2D eigenvalue weighted by atomic mass is 16.1. The van der Waals surface area contributed by atoms with E-state index >= 15 is 0 Å². The molecule has 1 N–H and O–H groups in total. The van der Waals surface area contributed by atoms with Crippen LogP contribution in [0.5, 0.6) is 0 Å². The number of aromatic amines is 1. The Labute approximate surface area is 114 Å². The van der Waals surface area contributed by atoms with E-state index < -0.39 is 0 Å². The number of fused-ring (bicyclic) bond motifs is 3. The lowest BCUT2D eigenvalue weighted by molar-refractivity contribution is 0.913. The van der Waals surface area contributed by atoms with Gasteiger partial charge in [-0.05, 0) is 18.2 Å². The van der Waals surface area contributed by atoms with Gasteiger partial charge in [0.1, 0.15) is 0 Å². The highest BCUT2D eigenvalue weighted by Gasteiger charge is 2.11. The molecule has 20 heavy (non-hydrogen) atoms. The molecule has 0 atom stereocenters. The SMILES string of the molecule is O=c1[nH]c2ccccc2c2c1cnn2-c1ccccc1. The number of hydrogen-bond acceptors (Lipinski definition) is 2. The predicted octanol–water partition coefficient (Wildman–Crippen LogP) is 2.87. The molecule has 0 fully saturated rings. The Morgan fingerprint density at radius 3 is 2.50 bits per heavy atom. The topological polar surface area (TPSA) is 50.7 Å². The number of hydrogen-bond donors (Lipinski definition) is 1. The Kier molecular flexibility index (Phi) is 2.23. The summed E-state index contributed by atoms with van der Waals surface area (Å²) in [6.07, 6.45) is 1.62. The third-order valence-electron chi connectivity index (χ3n) is 3.45. The molecule has 4 heteroatoms. The largest absolute Gasteiger partial charge is 0.321 e. The number of pyridine rings is 1. The number of nitrogens with one attached hydrogen (secondary N) is 1. The number of H-pyrrole nitrogens is 1. The molecule has 4 rings (SSSR count). The van der Waals surface area contributed by atoms with E-state index in [2.05, 4.69) is 10.1 Å². The molecule has 0 unspecified atom stereocenters.